The molecule has 0 aliphatic carbocycles. The average molecular weight is 704 g/mol. The van der Waals surface area contributed by atoms with Crippen LogP contribution in [-0.2, 0) is 0 Å². The van der Waals surface area contributed by atoms with E-state index in [1.165, 1.54) is 0 Å². The Labute approximate surface area is 277 Å². The van der Waals surface area contributed by atoms with E-state index in [4.69, 9.17) is 0 Å². The molecule has 243 valence electrons. The van der Waals surface area contributed by atoms with Crippen LogP contribution in [-0.4, -0.2) is 67.3 Å². The van der Waals surface area contributed by atoms with Crippen LogP contribution in [0.4, 0.5) is 0 Å². The van der Waals surface area contributed by atoms with Gasteiger partial charge in [0.2, 0.25) is 0 Å². The first-order valence-corrected chi connectivity index (χ1v) is 15.4. The van der Waals surface area contributed by atoms with E-state index in [9.17, 15) is 30.6 Å². The van der Waals surface area contributed by atoms with Gasteiger partial charge < -0.3 is 30.6 Å². The number of aliphatic hydroxyl groups excluding tert-OH is 6. The fraction of sp³-hybridized carbons (Fsp3) is 1.00. The molecule has 0 aliphatic heterocycles. The fourth-order valence-corrected chi connectivity index (χ4v) is 3.26. The third kappa shape index (κ3) is 23.4. The number of hydrogen-bond donors (Lipinski definition) is 6. The predicted octanol–water partition coefficient (Wildman–Crippen LogP) is 6.57. The van der Waals surface area contributed by atoms with Gasteiger partial charge in [0.1, 0.15) is 0 Å². The first kappa shape index (κ1) is 47.9. The van der Waals surface area contributed by atoms with Crippen molar-refractivity contribution >= 4 is 0 Å². The Balaban J connectivity index is -0.000000240. The van der Waals surface area contributed by atoms with E-state index < -0.39 is 18.3 Å². The van der Waals surface area contributed by atoms with E-state index in [0.29, 0.717) is 19.3 Å². The molecule has 7 heteroatoms. The van der Waals surface area contributed by atoms with Crippen LogP contribution in [0, 0.1) is 69.6 Å². The zero-order valence-electron chi connectivity index (χ0n) is 29.2. The largest absolute Gasteiger partial charge is 0.393 e. The zero-order chi connectivity index (χ0) is 31.9. The topological polar surface area (TPSA) is 121 Å². The van der Waals surface area contributed by atoms with Crippen LogP contribution in [0.3, 0.4) is 0 Å². The van der Waals surface area contributed by atoms with Gasteiger partial charge >= 0.3 is 0 Å². The number of aliphatic hydroxyl groups is 6. The minimum absolute atomic E-state index is 0. The van der Waals surface area contributed by atoms with E-state index in [2.05, 4.69) is 20.8 Å². The van der Waals surface area contributed by atoms with Gasteiger partial charge in [0, 0.05) is 35.6 Å². The molecule has 0 saturated carbocycles. The van der Waals surface area contributed by atoms with E-state index in [1.807, 2.05) is 83.1 Å². The molecular formula is C33H72LaO6. The van der Waals surface area contributed by atoms with Crippen molar-refractivity contribution in [1.82, 2.24) is 0 Å². The van der Waals surface area contributed by atoms with Crippen molar-refractivity contribution in [2.45, 2.75) is 179 Å². The van der Waals surface area contributed by atoms with Gasteiger partial charge in [-0.25, -0.2) is 0 Å². The first-order chi connectivity index (χ1) is 17.4. The van der Waals surface area contributed by atoms with Crippen molar-refractivity contribution < 1.29 is 66.2 Å². The molecule has 0 aromatic carbocycles. The van der Waals surface area contributed by atoms with Gasteiger partial charge in [-0.1, -0.05) is 123 Å². The molecule has 0 rings (SSSR count). The Bertz CT molecular complexity index is 500. The summed E-state index contributed by atoms with van der Waals surface area (Å²) in [6.45, 7) is 30.1. The van der Waals surface area contributed by atoms with Gasteiger partial charge in [0.25, 0.3) is 0 Å². The summed E-state index contributed by atoms with van der Waals surface area (Å²) in [6, 6.07) is 0. The van der Waals surface area contributed by atoms with E-state index in [-0.39, 0.29) is 87.9 Å². The molecule has 0 heterocycles. The van der Waals surface area contributed by atoms with Crippen LogP contribution in [0.1, 0.15) is 142 Å². The summed E-state index contributed by atoms with van der Waals surface area (Å²) < 4.78 is 0. The van der Waals surface area contributed by atoms with Gasteiger partial charge in [-0.15, -0.1) is 0 Å². The van der Waals surface area contributed by atoms with Crippen molar-refractivity contribution in [3.05, 3.63) is 0 Å². The SMILES string of the molecule is CCC(C)C(O)CC(O)C(C)(C)C.CCC(C)C(O)CC(O)C(C)(C)C.CCC(C)C(O)CC(O)C(C)(C)C.[La]. The van der Waals surface area contributed by atoms with Crippen LogP contribution in [0.2, 0.25) is 0 Å². The normalized spacial score (nSPS) is 19.1. The van der Waals surface area contributed by atoms with Crippen molar-refractivity contribution in [3.63, 3.8) is 0 Å². The van der Waals surface area contributed by atoms with Gasteiger partial charge in [-0.05, 0) is 53.3 Å². The second-order valence-electron chi connectivity index (χ2n) is 15.2. The summed E-state index contributed by atoms with van der Waals surface area (Å²) in [5.74, 6) is 0.825. The molecule has 0 amide bonds. The second-order valence-corrected chi connectivity index (χ2v) is 15.2. The van der Waals surface area contributed by atoms with Gasteiger partial charge in [0.05, 0.1) is 36.6 Å². The maximum Gasteiger partial charge on any atom is 0.0613 e. The van der Waals surface area contributed by atoms with Gasteiger partial charge in [0.15, 0.2) is 0 Å². The molecule has 0 aromatic rings. The van der Waals surface area contributed by atoms with Crippen LogP contribution < -0.4 is 0 Å². The molecule has 6 nitrogen and oxygen atoms in total. The summed E-state index contributed by atoms with van der Waals surface area (Å²) in [5, 5.41) is 58.3. The van der Waals surface area contributed by atoms with Gasteiger partial charge in [-0.2, -0.15) is 0 Å². The molecule has 1 radical (unpaired) electrons. The van der Waals surface area contributed by atoms with Crippen molar-refractivity contribution in [3.8, 4) is 0 Å². The average Bonchev–Trinajstić information content (AvgIpc) is 2.80. The monoisotopic (exact) mass is 703 g/mol. The third-order valence-electron chi connectivity index (χ3n) is 8.30. The van der Waals surface area contributed by atoms with Crippen LogP contribution >= 0.6 is 0 Å². The summed E-state index contributed by atoms with van der Waals surface area (Å²) in [6.07, 6.45) is 1.94. The standard InChI is InChI=1S/3C11H24O2.La/c3*1-6-8(2)9(12)7-10(13)11(3,4)5;/h3*8-10,12-13H,6-7H2,1-5H3;. The predicted molar refractivity (Wildman–Crippen MR) is 167 cm³/mol. The maximum absolute atomic E-state index is 9.74. The van der Waals surface area contributed by atoms with Crippen LogP contribution in [0.15, 0.2) is 0 Å². The molecule has 40 heavy (non-hydrogen) atoms. The quantitative estimate of drug-likeness (QED) is 0.137. The summed E-state index contributed by atoms with van der Waals surface area (Å²) in [4.78, 5) is 0. The molecule has 0 fully saturated rings. The van der Waals surface area contributed by atoms with Crippen molar-refractivity contribution in [1.29, 1.82) is 0 Å². The van der Waals surface area contributed by atoms with Crippen LogP contribution in [0.25, 0.3) is 0 Å². The molecule has 0 bridgehead atoms. The third-order valence-corrected chi connectivity index (χ3v) is 8.30. The minimum atomic E-state index is -0.420. The second kappa shape index (κ2) is 22.5. The Kier molecular flexibility index (Phi) is 26.9. The molecule has 6 N–H and O–H groups in total. The van der Waals surface area contributed by atoms with Crippen molar-refractivity contribution in [2.24, 2.45) is 34.0 Å². The molecule has 0 aliphatic rings. The minimum Gasteiger partial charge on any atom is -0.393 e. The summed E-state index contributed by atoms with van der Waals surface area (Å²) >= 11 is 0. The smallest absolute Gasteiger partial charge is 0.0613 e. The Hall–Kier alpha value is 0.955. The zero-order valence-corrected chi connectivity index (χ0v) is 32.8. The molecular weight excluding hydrogens is 631 g/mol. The fourth-order valence-electron chi connectivity index (χ4n) is 3.26. The van der Waals surface area contributed by atoms with Crippen LogP contribution in [0.5, 0.6) is 0 Å². The molecule has 9 unspecified atom stereocenters. The molecule has 9 atom stereocenters. The number of hydrogen-bond acceptors (Lipinski definition) is 6. The number of rotatable bonds is 12. The molecule has 0 saturated heterocycles. The molecule has 0 spiro atoms. The Morgan fingerprint density at radius 2 is 0.550 bits per heavy atom. The van der Waals surface area contributed by atoms with Gasteiger partial charge in [-0.3, -0.25) is 0 Å². The maximum atomic E-state index is 9.74. The Morgan fingerprint density at radius 1 is 0.400 bits per heavy atom. The Morgan fingerprint density at radius 3 is 0.650 bits per heavy atom. The summed E-state index contributed by atoms with van der Waals surface area (Å²) in [7, 11) is 0. The van der Waals surface area contributed by atoms with E-state index in [1.54, 1.807) is 0 Å². The summed E-state index contributed by atoms with van der Waals surface area (Å²) in [5.41, 5.74) is -0.392. The molecule has 0 aromatic heterocycles. The van der Waals surface area contributed by atoms with Crippen molar-refractivity contribution in [2.75, 3.05) is 0 Å². The first-order valence-electron chi connectivity index (χ1n) is 15.4. The van der Waals surface area contributed by atoms with E-state index in [0.717, 1.165) is 19.3 Å². The van der Waals surface area contributed by atoms with E-state index >= 15 is 0 Å².